The SMILES string of the molecule is CC(=O)Cc1nc(-c2ccnc(C3CC3)c2)no1. The lowest BCUT2D eigenvalue weighted by atomic mass is 10.2. The smallest absolute Gasteiger partial charge is 0.234 e. The van der Waals surface area contributed by atoms with E-state index in [4.69, 9.17) is 4.52 Å². The Morgan fingerprint density at radius 1 is 1.50 bits per heavy atom. The van der Waals surface area contributed by atoms with Crippen LogP contribution in [-0.2, 0) is 11.2 Å². The predicted molar refractivity (Wildman–Crippen MR) is 63.9 cm³/mol. The summed E-state index contributed by atoms with van der Waals surface area (Å²) in [5.74, 6) is 1.49. The molecule has 0 aromatic carbocycles. The first-order chi connectivity index (χ1) is 8.72. The molecule has 1 fully saturated rings. The molecule has 1 saturated carbocycles. The summed E-state index contributed by atoms with van der Waals surface area (Å²) in [5.41, 5.74) is 1.98. The predicted octanol–water partition coefficient (Wildman–Crippen LogP) is 2.14. The number of aromatic nitrogens is 3. The maximum Gasteiger partial charge on any atom is 0.234 e. The minimum Gasteiger partial charge on any atom is -0.339 e. The van der Waals surface area contributed by atoms with Crippen LogP contribution in [-0.4, -0.2) is 20.9 Å². The summed E-state index contributed by atoms with van der Waals surface area (Å²) in [6, 6.07) is 3.86. The van der Waals surface area contributed by atoms with Gasteiger partial charge in [0, 0.05) is 23.4 Å². The van der Waals surface area contributed by atoms with Crippen molar-refractivity contribution in [2.24, 2.45) is 0 Å². The van der Waals surface area contributed by atoms with Crippen molar-refractivity contribution in [1.82, 2.24) is 15.1 Å². The number of carbonyl (C=O) groups is 1. The molecule has 0 unspecified atom stereocenters. The fourth-order valence-corrected chi connectivity index (χ4v) is 1.85. The standard InChI is InChI=1S/C13H13N3O2/c1-8(17)6-12-15-13(16-18-12)10-4-5-14-11(7-10)9-2-3-9/h4-5,7,9H,2-3,6H2,1H3. The molecule has 92 valence electrons. The summed E-state index contributed by atoms with van der Waals surface area (Å²) in [4.78, 5) is 19.5. The number of ketones is 1. The Labute approximate surface area is 104 Å². The largest absolute Gasteiger partial charge is 0.339 e. The van der Waals surface area contributed by atoms with E-state index in [9.17, 15) is 4.79 Å². The van der Waals surface area contributed by atoms with Crippen LogP contribution in [0, 0.1) is 0 Å². The Kier molecular flexibility index (Phi) is 2.66. The summed E-state index contributed by atoms with van der Waals surface area (Å²) in [6.07, 6.45) is 4.37. The highest BCUT2D eigenvalue weighted by molar-refractivity contribution is 5.77. The van der Waals surface area contributed by atoms with Crippen molar-refractivity contribution in [2.45, 2.75) is 32.1 Å². The Bertz CT molecular complexity index is 587. The third-order valence-corrected chi connectivity index (χ3v) is 2.90. The topological polar surface area (TPSA) is 68.9 Å². The minimum atomic E-state index is 0.0126. The zero-order valence-electron chi connectivity index (χ0n) is 10.1. The summed E-state index contributed by atoms with van der Waals surface area (Å²) in [6.45, 7) is 1.50. The van der Waals surface area contributed by atoms with E-state index in [0.717, 1.165) is 11.3 Å². The van der Waals surface area contributed by atoms with Gasteiger partial charge >= 0.3 is 0 Å². The average molecular weight is 243 g/mol. The van der Waals surface area contributed by atoms with E-state index in [1.54, 1.807) is 6.20 Å². The number of hydrogen-bond donors (Lipinski definition) is 0. The van der Waals surface area contributed by atoms with Gasteiger partial charge in [0.05, 0.1) is 6.42 Å². The van der Waals surface area contributed by atoms with Crippen molar-refractivity contribution < 1.29 is 9.32 Å². The van der Waals surface area contributed by atoms with Gasteiger partial charge in [0.2, 0.25) is 11.7 Å². The molecule has 5 heteroatoms. The molecular weight excluding hydrogens is 230 g/mol. The first-order valence-electron chi connectivity index (χ1n) is 6.01. The lowest BCUT2D eigenvalue weighted by Crippen LogP contribution is -1.96. The molecule has 0 spiro atoms. The van der Waals surface area contributed by atoms with Gasteiger partial charge in [-0.2, -0.15) is 4.98 Å². The highest BCUT2D eigenvalue weighted by Gasteiger charge is 2.25. The van der Waals surface area contributed by atoms with Crippen LogP contribution in [0.2, 0.25) is 0 Å². The Morgan fingerprint density at radius 3 is 3.06 bits per heavy atom. The van der Waals surface area contributed by atoms with Crippen molar-refractivity contribution in [1.29, 1.82) is 0 Å². The number of Topliss-reactive ketones (excluding diaryl/α,β-unsaturated/α-hetero) is 1. The molecule has 1 aliphatic rings. The number of pyridine rings is 1. The average Bonchev–Trinajstić information content (AvgIpc) is 3.10. The summed E-state index contributed by atoms with van der Waals surface area (Å²) in [7, 11) is 0. The normalized spacial score (nSPS) is 14.7. The quantitative estimate of drug-likeness (QED) is 0.822. The van der Waals surface area contributed by atoms with Crippen LogP contribution >= 0.6 is 0 Å². The van der Waals surface area contributed by atoms with Crippen LogP contribution in [0.4, 0.5) is 0 Å². The van der Waals surface area contributed by atoms with Gasteiger partial charge in [-0.1, -0.05) is 5.16 Å². The van der Waals surface area contributed by atoms with Crippen molar-refractivity contribution in [2.75, 3.05) is 0 Å². The van der Waals surface area contributed by atoms with Crippen LogP contribution in [0.5, 0.6) is 0 Å². The van der Waals surface area contributed by atoms with Crippen LogP contribution < -0.4 is 0 Å². The molecule has 5 nitrogen and oxygen atoms in total. The van der Waals surface area contributed by atoms with Gasteiger partial charge in [-0.05, 0) is 31.9 Å². The van der Waals surface area contributed by atoms with Gasteiger partial charge in [0.25, 0.3) is 0 Å². The zero-order valence-corrected chi connectivity index (χ0v) is 10.1. The van der Waals surface area contributed by atoms with Crippen molar-refractivity contribution in [3.05, 3.63) is 29.9 Å². The van der Waals surface area contributed by atoms with Gasteiger partial charge in [-0.3, -0.25) is 9.78 Å². The molecular formula is C13H13N3O2. The summed E-state index contributed by atoms with van der Waals surface area (Å²) in [5, 5.41) is 3.89. The fraction of sp³-hybridized carbons (Fsp3) is 0.385. The highest BCUT2D eigenvalue weighted by Crippen LogP contribution is 2.39. The van der Waals surface area contributed by atoms with Crippen molar-refractivity contribution in [3.63, 3.8) is 0 Å². The molecule has 2 heterocycles. The first kappa shape index (κ1) is 11.1. The Balaban J connectivity index is 1.87. The van der Waals surface area contributed by atoms with Crippen LogP contribution in [0.25, 0.3) is 11.4 Å². The maximum atomic E-state index is 11.0. The van der Waals surface area contributed by atoms with Crippen LogP contribution in [0.3, 0.4) is 0 Å². The van der Waals surface area contributed by atoms with Crippen molar-refractivity contribution >= 4 is 5.78 Å². The fourth-order valence-electron chi connectivity index (χ4n) is 1.85. The molecule has 0 N–H and O–H groups in total. The second-order valence-corrected chi connectivity index (χ2v) is 4.63. The van der Waals surface area contributed by atoms with Crippen LogP contribution in [0.15, 0.2) is 22.9 Å². The number of hydrogen-bond acceptors (Lipinski definition) is 5. The molecule has 2 aromatic rings. The van der Waals surface area contributed by atoms with E-state index >= 15 is 0 Å². The van der Waals surface area contributed by atoms with Crippen molar-refractivity contribution in [3.8, 4) is 11.4 Å². The highest BCUT2D eigenvalue weighted by atomic mass is 16.5. The third-order valence-electron chi connectivity index (χ3n) is 2.90. The van der Waals surface area contributed by atoms with E-state index in [1.165, 1.54) is 19.8 Å². The maximum absolute atomic E-state index is 11.0. The summed E-state index contributed by atoms with van der Waals surface area (Å²) >= 11 is 0. The second-order valence-electron chi connectivity index (χ2n) is 4.63. The molecule has 0 atom stereocenters. The monoisotopic (exact) mass is 243 g/mol. The number of nitrogens with zero attached hydrogens (tertiary/aromatic N) is 3. The molecule has 0 radical (unpaired) electrons. The summed E-state index contributed by atoms with van der Waals surface area (Å²) < 4.78 is 5.04. The van der Waals surface area contributed by atoms with E-state index in [0.29, 0.717) is 17.6 Å². The van der Waals surface area contributed by atoms with Gasteiger partial charge in [-0.25, -0.2) is 0 Å². The van der Waals surface area contributed by atoms with E-state index < -0.39 is 0 Å². The number of carbonyl (C=O) groups excluding carboxylic acids is 1. The molecule has 3 rings (SSSR count). The van der Waals surface area contributed by atoms with E-state index in [2.05, 4.69) is 15.1 Å². The van der Waals surface area contributed by atoms with Gasteiger partial charge < -0.3 is 4.52 Å². The molecule has 2 aromatic heterocycles. The molecule has 18 heavy (non-hydrogen) atoms. The Morgan fingerprint density at radius 2 is 2.33 bits per heavy atom. The third kappa shape index (κ3) is 2.30. The Hall–Kier alpha value is -2.04. The first-order valence-corrected chi connectivity index (χ1v) is 6.01. The molecule has 0 saturated heterocycles. The minimum absolute atomic E-state index is 0.0126. The van der Waals surface area contributed by atoms with Gasteiger partial charge in [-0.15, -0.1) is 0 Å². The van der Waals surface area contributed by atoms with Crippen LogP contribution in [0.1, 0.15) is 37.3 Å². The number of rotatable bonds is 4. The van der Waals surface area contributed by atoms with E-state index in [-0.39, 0.29) is 12.2 Å². The molecule has 1 aliphatic carbocycles. The second kappa shape index (κ2) is 4.33. The molecule has 0 aliphatic heterocycles. The molecule has 0 amide bonds. The lowest BCUT2D eigenvalue weighted by Gasteiger charge is -1.98. The zero-order chi connectivity index (χ0) is 12.5. The lowest BCUT2D eigenvalue weighted by molar-refractivity contribution is -0.116. The molecule has 0 bridgehead atoms. The van der Waals surface area contributed by atoms with Gasteiger partial charge in [0.1, 0.15) is 5.78 Å². The van der Waals surface area contributed by atoms with E-state index in [1.807, 2.05) is 12.1 Å². The van der Waals surface area contributed by atoms with Gasteiger partial charge in [0.15, 0.2) is 0 Å².